The fraction of sp³-hybridized carbons (Fsp3) is 0.0714. The highest BCUT2D eigenvalue weighted by Gasteiger charge is 2.11. The van der Waals surface area contributed by atoms with E-state index < -0.39 is 0 Å². The number of ether oxygens (including phenoxy) is 2. The monoisotopic (exact) mass is 315 g/mol. The van der Waals surface area contributed by atoms with E-state index in [0.29, 0.717) is 22.4 Å². The molecule has 0 radical (unpaired) electrons. The van der Waals surface area contributed by atoms with E-state index in [2.05, 4.69) is 20.3 Å². The smallest absolute Gasteiger partial charge is 0.248 e. The number of anilines is 3. The molecule has 0 amide bonds. The molecule has 7 nitrogen and oxygen atoms in total. The first-order valence-electron chi connectivity index (χ1n) is 6.35. The molecule has 3 N–H and O–H groups in total. The van der Waals surface area contributed by atoms with Gasteiger partial charge in [-0.2, -0.15) is 4.98 Å². The summed E-state index contributed by atoms with van der Waals surface area (Å²) in [7, 11) is 1.61. The standard InChI is InChI=1S/C14H13N5O2S/c1-20-9-2-4-10(5-3-9)21-13-11(15)12(17-8-18-13)19-14-16-6-7-22-14/h2-8H,15H2,1H3,(H,16,17,18,19). The van der Waals surface area contributed by atoms with E-state index in [0.717, 1.165) is 5.75 Å². The molecule has 0 fully saturated rings. The van der Waals surface area contributed by atoms with Crippen LogP contribution in [0.5, 0.6) is 17.4 Å². The predicted molar refractivity (Wildman–Crippen MR) is 84.9 cm³/mol. The van der Waals surface area contributed by atoms with Gasteiger partial charge in [-0.1, -0.05) is 0 Å². The number of thiazole rings is 1. The molecular formula is C14H13N5O2S. The lowest BCUT2D eigenvalue weighted by atomic mass is 10.3. The molecule has 3 rings (SSSR count). The van der Waals surface area contributed by atoms with Crippen molar-refractivity contribution in [1.82, 2.24) is 15.0 Å². The van der Waals surface area contributed by atoms with Crippen LogP contribution < -0.4 is 20.5 Å². The third-order valence-electron chi connectivity index (χ3n) is 2.78. The molecule has 0 aliphatic carbocycles. The van der Waals surface area contributed by atoms with E-state index in [1.165, 1.54) is 17.7 Å². The van der Waals surface area contributed by atoms with Gasteiger partial charge in [0.1, 0.15) is 23.5 Å². The molecule has 2 heterocycles. The molecule has 0 saturated heterocycles. The van der Waals surface area contributed by atoms with Gasteiger partial charge in [0.25, 0.3) is 0 Å². The first kappa shape index (κ1) is 14.1. The largest absolute Gasteiger partial charge is 0.497 e. The van der Waals surface area contributed by atoms with Gasteiger partial charge in [-0.25, -0.2) is 9.97 Å². The Morgan fingerprint density at radius 2 is 1.86 bits per heavy atom. The molecule has 0 unspecified atom stereocenters. The maximum Gasteiger partial charge on any atom is 0.248 e. The Kier molecular flexibility index (Phi) is 4.01. The minimum absolute atomic E-state index is 0.277. The third-order valence-corrected chi connectivity index (χ3v) is 3.47. The Labute approximate surface area is 130 Å². The van der Waals surface area contributed by atoms with Crippen LogP contribution in [0.4, 0.5) is 16.6 Å². The van der Waals surface area contributed by atoms with Crippen molar-refractivity contribution >= 4 is 28.0 Å². The summed E-state index contributed by atoms with van der Waals surface area (Å²) < 4.78 is 10.8. The number of aromatic nitrogens is 3. The number of hydrogen-bond acceptors (Lipinski definition) is 8. The lowest BCUT2D eigenvalue weighted by molar-refractivity contribution is 0.412. The third kappa shape index (κ3) is 3.07. The van der Waals surface area contributed by atoms with Crippen LogP contribution >= 0.6 is 11.3 Å². The van der Waals surface area contributed by atoms with E-state index in [9.17, 15) is 0 Å². The van der Waals surface area contributed by atoms with E-state index in [1.807, 2.05) is 5.38 Å². The highest BCUT2D eigenvalue weighted by molar-refractivity contribution is 7.13. The van der Waals surface area contributed by atoms with Crippen LogP contribution in [0.2, 0.25) is 0 Å². The summed E-state index contributed by atoms with van der Waals surface area (Å²) >= 11 is 1.45. The van der Waals surface area contributed by atoms with Crippen LogP contribution in [0.1, 0.15) is 0 Å². The number of nitrogens with zero attached hydrogens (tertiary/aromatic N) is 3. The molecule has 0 atom stereocenters. The zero-order chi connectivity index (χ0) is 15.4. The highest BCUT2D eigenvalue weighted by atomic mass is 32.1. The summed E-state index contributed by atoms with van der Waals surface area (Å²) in [5.41, 5.74) is 6.36. The number of hydrogen-bond donors (Lipinski definition) is 2. The van der Waals surface area contributed by atoms with Crippen LogP contribution in [0.15, 0.2) is 42.2 Å². The number of nitrogens with one attached hydrogen (secondary N) is 1. The fourth-order valence-electron chi connectivity index (χ4n) is 1.70. The van der Waals surface area contributed by atoms with Crippen LogP contribution in [-0.2, 0) is 0 Å². The van der Waals surface area contributed by atoms with Gasteiger partial charge >= 0.3 is 0 Å². The van der Waals surface area contributed by atoms with Crippen molar-refractivity contribution in [2.24, 2.45) is 0 Å². The molecule has 0 aliphatic heterocycles. The maximum absolute atomic E-state index is 6.04. The molecule has 0 aliphatic rings. The van der Waals surface area contributed by atoms with Crippen LogP contribution in [0.25, 0.3) is 0 Å². The number of nitrogen functional groups attached to an aromatic ring is 1. The quantitative estimate of drug-likeness (QED) is 0.747. The molecule has 112 valence electrons. The zero-order valence-corrected chi connectivity index (χ0v) is 12.5. The molecule has 8 heteroatoms. The van der Waals surface area contributed by atoms with Gasteiger partial charge in [-0.15, -0.1) is 11.3 Å². The van der Waals surface area contributed by atoms with E-state index in [1.54, 1.807) is 37.6 Å². The van der Waals surface area contributed by atoms with Crippen LogP contribution in [0, 0.1) is 0 Å². The number of nitrogens with two attached hydrogens (primary N) is 1. The Hall–Kier alpha value is -2.87. The van der Waals surface area contributed by atoms with Crippen molar-refractivity contribution in [3.63, 3.8) is 0 Å². The summed E-state index contributed by atoms with van der Waals surface area (Å²) in [6, 6.07) is 7.13. The van der Waals surface area contributed by atoms with Crippen LogP contribution in [0.3, 0.4) is 0 Å². The second kappa shape index (κ2) is 6.27. The summed E-state index contributed by atoms with van der Waals surface area (Å²) in [5, 5.41) is 5.58. The Bertz CT molecular complexity index is 746. The zero-order valence-electron chi connectivity index (χ0n) is 11.7. The average Bonchev–Trinajstić information content (AvgIpc) is 3.05. The van der Waals surface area contributed by atoms with Gasteiger partial charge in [0.2, 0.25) is 5.88 Å². The van der Waals surface area contributed by atoms with Crippen molar-refractivity contribution in [1.29, 1.82) is 0 Å². The minimum Gasteiger partial charge on any atom is -0.497 e. The predicted octanol–water partition coefficient (Wildman–Crippen LogP) is 3.06. The second-order valence-corrected chi connectivity index (χ2v) is 5.08. The highest BCUT2D eigenvalue weighted by Crippen LogP contribution is 2.31. The van der Waals surface area contributed by atoms with Gasteiger partial charge in [0, 0.05) is 11.6 Å². The van der Waals surface area contributed by atoms with Crippen molar-refractivity contribution < 1.29 is 9.47 Å². The average molecular weight is 315 g/mol. The first-order chi connectivity index (χ1) is 10.8. The summed E-state index contributed by atoms with van der Waals surface area (Å²) in [4.78, 5) is 12.3. The maximum atomic E-state index is 6.04. The van der Waals surface area contributed by atoms with E-state index in [4.69, 9.17) is 15.2 Å². The normalized spacial score (nSPS) is 10.2. The van der Waals surface area contributed by atoms with Crippen molar-refractivity contribution in [2.75, 3.05) is 18.2 Å². The first-order valence-corrected chi connectivity index (χ1v) is 7.23. The molecule has 22 heavy (non-hydrogen) atoms. The second-order valence-electron chi connectivity index (χ2n) is 4.18. The Balaban J connectivity index is 1.81. The van der Waals surface area contributed by atoms with Gasteiger partial charge in [0.15, 0.2) is 10.9 Å². The van der Waals surface area contributed by atoms with Gasteiger partial charge in [-0.3, -0.25) is 0 Å². The van der Waals surface area contributed by atoms with Gasteiger partial charge < -0.3 is 20.5 Å². The number of rotatable bonds is 5. The van der Waals surface area contributed by atoms with Gasteiger partial charge in [0.05, 0.1) is 7.11 Å². The van der Waals surface area contributed by atoms with E-state index in [-0.39, 0.29) is 5.88 Å². The molecule has 1 aromatic carbocycles. The van der Waals surface area contributed by atoms with Crippen molar-refractivity contribution in [3.05, 3.63) is 42.2 Å². The molecule has 0 saturated carbocycles. The molecule has 2 aromatic heterocycles. The summed E-state index contributed by atoms with van der Waals surface area (Å²) in [5.74, 6) is 2.08. The van der Waals surface area contributed by atoms with E-state index >= 15 is 0 Å². The SMILES string of the molecule is COc1ccc(Oc2ncnc(Nc3nccs3)c2N)cc1. The molecule has 3 aromatic rings. The summed E-state index contributed by atoms with van der Waals surface area (Å²) in [6.07, 6.45) is 3.07. The number of benzene rings is 1. The Morgan fingerprint density at radius 3 is 2.55 bits per heavy atom. The van der Waals surface area contributed by atoms with Gasteiger partial charge in [-0.05, 0) is 24.3 Å². The topological polar surface area (TPSA) is 95.2 Å². The summed E-state index contributed by atoms with van der Waals surface area (Å²) in [6.45, 7) is 0. The lowest BCUT2D eigenvalue weighted by Gasteiger charge is -2.10. The molecule has 0 spiro atoms. The van der Waals surface area contributed by atoms with Crippen molar-refractivity contribution in [2.45, 2.75) is 0 Å². The molecule has 0 bridgehead atoms. The van der Waals surface area contributed by atoms with Crippen LogP contribution in [-0.4, -0.2) is 22.1 Å². The number of methoxy groups -OCH3 is 1. The lowest BCUT2D eigenvalue weighted by Crippen LogP contribution is -2.02. The van der Waals surface area contributed by atoms with Crippen molar-refractivity contribution in [3.8, 4) is 17.4 Å². The Morgan fingerprint density at radius 1 is 1.09 bits per heavy atom. The fourth-order valence-corrected chi connectivity index (χ4v) is 2.23. The molecular weight excluding hydrogens is 302 g/mol. The minimum atomic E-state index is 0.277.